The monoisotopic (exact) mass is 310 g/mol. The fourth-order valence-electron chi connectivity index (χ4n) is 2.56. The van der Waals surface area contributed by atoms with Gasteiger partial charge in [0.15, 0.2) is 5.82 Å². The molecule has 0 spiro atoms. The minimum atomic E-state index is 0.352. The van der Waals surface area contributed by atoms with Gasteiger partial charge in [0.25, 0.3) is 0 Å². The van der Waals surface area contributed by atoms with Crippen molar-refractivity contribution in [3.63, 3.8) is 0 Å². The van der Waals surface area contributed by atoms with Gasteiger partial charge >= 0.3 is 0 Å². The van der Waals surface area contributed by atoms with E-state index in [1.165, 1.54) is 11.3 Å². The van der Waals surface area contributed by atoms with Crippen LogP contribution in [0.1, 0.15) is 37.0 Å². The Balaban J connectivity index is 1.81. The number of hydrogen-bond donors (Lipinski definition) is 2. The SMILES string of the molecule is Cc1nc(-c2ccc(C)c(NCc3ccnn3C(C)C)c2)n[nH]1. The van der Waals surface area contributed by atoms with Crippen LogP contribution in [-0.2, 0) is 6.54 Å². The van der Waals surface area contributed by atoms with E-state index in [9.17, 15) is 0 Å². The molecule has 1 aromatic carbocycles. The van der Waals surface area contributed by atoms with Gasteiger partial charge in [0, 0.05) is 23.5 Å². The largest absolute Gasteiger partial charge is 0.379 e. The summed E-state index contributed by atoms with van der Waals surface area (Å²) in [6.07, 6.45) is 1.84. The minimum absolute atomic E-state index is 0.352. The number of aromatic nitrogens is 5. The normalized spacial score (nSPS) is 11.2. The Kier molecular flexibility index (Phi) is 4.14. The zero-order valence-electron chi connectivity index (χ0n) is 14.0. The first kappa shape index (κ1) is 15.3. The first-order chi connectivity index (χ1) is 11.0. The number of benzene rings is 1. The highest BCUT2D eigenvalue weighted by molar-refractivity contribution is 5.65. The standard InChI is InChI=1S/C17H22N6/c1-11(2)23-15(7-8-19-23)10-18-16-9-14(6-5-12(16)3)17-20-13(4)21-22-17/h5-9,11,18H,10H2,1-4H3,(H,20,21,22). The molecular formula is C17H22N6. The van der Waals surface area contributed by atoms with Crippen molar-refractivity contribution >= 4 is 5.69 Å². The third-order valence-electron chi connectivity index (χ3n) is 3.79. The van der Waals surface area contributed by atoms with E-state index in [-0.39, 0.29) is 0 Å². The Hall–Kier alpha value is -2.63. The second-order valence-corrected chi connectivity index (χ2v) is 5.99. The van der Waals surface area contributed by atoms with Gasteiger partial charge in [-0.05, 0) is 45.4 Å². The molecule has 0 bridgehead atoms. The first-order valence-corrected chi connectivity index (χ1v) is 7.81. The molecule has 0 saturated heterocycles. The molecule has 6 heteroatoms. The second-order valence-electron chi connectivity index (χ2n) is 5.99. The Labute approximate surface area is 136 Å². The summed E-state index contributed by atoms with van der Waals surface area (Å²) in [6, 6.07) is 8.62. The number of rotatable bonds is 5. The number of aryl methyl sites for hydroxylation is 2. The van der Waals surface area contributed by atoms with Gasteiger partial charge in [-0.15, -0.1) is 0 Å². The van der Waals surface area contributed by atoms with Crippen molar-refractivity contribution in [1.29, 1.82) is 0 Å². The number of hydrogen-bond acceptors (Lipinski definition) is 4. The highest BCUT2D eigenvalue weighted by Gasteiger charge is 2.09. The summed E-state index contributed by atoms with van der Waals surface area (Å²) in [6.45, 7) is 8.99. The molecule has 0 aliphatic carbocycles. The van der Waals surface area contributed by atoms with E-state index in [2.05, 4.69) is 58.5 Å². The van der Waals surface area contributed by atoms with Crippen LogP contribution in [0.5, 0.6) is 0 Å². The van der Waals surface area contributed by atoms with Crippen molar-refractivity contribution in [2.75, 3.05) is 5.32 Å². The topological polar surface area (TPSA) is 71.4 Å². The molecule has 0 unspecified atom stereocenters. The number of aromatic amines is 1. The predicted octanol–water partition coefficient (Wildman–Crippen LogP) is 3.48. The van der Waals surface area contributed by atoms with E-state index in [0.29, 0.717) is 6.04 Å². The van der Waals surface area contributed by atoms with E-state index in [0.717, 1.165) is 29.4 Å². The number of anilines is 1. The molecule has 0 amide bonds. The summed E-state index contributed by atoms with van der Waals surface area (Å²) in [5.74, 6) is 1.54. The van der Waals surface area contributed by atoms with E-state index in [4.69, 9.17) is 0 Å². The Morgan fingerprint density at radius 3 is 2.74 bits per heavy atom. The van der Waals surface area contributed by atoms with Crippen molar-refractivity contribution in [3.8, 4) is 11.4 Å². The summed E-state index contributed by atoms with van der Waals surface area (Å²) in [5, 5.41) is 15.0. The molecule has 3 aromatic rings. The average molecular weight is 310 g/mol. The van der Waals surface area contributed by atoms with Gasteiger partial charge in [-0.2, -0.15) is 10.2 Å². The van der Waals surface area contributed by atoms with Gasteiger partial charge in [-0.3, -0.25) is 9.78 Å². The number of nitrogens with zero attached hydrogens (tertiary/aromatic N) is 4. The lowest BCUT2D eigenvalue weighted by Gasteiger charge is -2.14. The van der Waals surface area contributed by atoms with Gasteiger partial charge in [0.1, 0.15) is 5.82 Å². The molecule has 0 atom stereocenters. The summed E-state index contributed by atoms with van der Waals surface area (Å²) < 4.78 is 2.03. The maximum atomic E-state index is 4.39. The predicted molar refractivity (Wildman–Crippen MR) is 91.2 cm³/mol. The molecule has 0 radical (unpaired) electrons. The summed E-state index contributed by atoms with van der Waals surface area (Å²) in [4.78, 5) is 4.39. The third kappa shape index (κ3) is 3.26. The molecule has 0 aliphatic rings. The molecule has 2 N–H and O–H groups in total. The number of H-pyrrole nitrogens is 1. The zero-order chi connectivity index (χ0) is 16.4. The molecule has 0 fully saturated rings. The van der Waals surface area contributed by atoms with Crippen LogP contribution in [0.15, 0.2) is 30.5 Å². The first-order valence-electron chi connectivity index (χ1n) is 7.81. The zero-order valence-corrected chi connectivity index (χ0v) is 14.0. The lowest BCUT2D eigenvalue weighted by molar-refractivity contribution is 0.512. The highest BCUT2D eigenvalue weighted by atomic mass is 15.3. The highest BCUT2D eigenvalue weighted by Crippen LogP contribution is 2.23. The van der Waals surface area contributed by atoms with Crippen molar-refractivity contribution in [2.45, 2.75) is 40.3 Å². The smallest absolute Gasteiger partial charge is 0.181 e. The summed E-state index contributed by atoms with van der Waals surface area (Å²) in [7, 11) is 0. The maximum Gasteiger partial charge on any atom is 0.181 e. The lowest BCUT2D eigenvalue weighted by Crippen LogP contribution is -2.11. The number of nitrogens with one attached hydrogen (secondary N) is 2. The van der Waals surface area contributed by atoms with Crippen molar-refractivity contribution in [2.24, 2.45) is 0 Å². The molecular weight excluding hydrogens is 288 g/mol. The van der Waals surface area contributed by atoms with Crippen LogP contribution in [-0.4, -0.2) is 25.0 Å². The van der Waals surface area contributed by atoms with E-state index in [1.54, 1.807) is 0 Å². The van der Waals surface area contributed by atoms with Crippen molar-refractivity contribution < 1.29 is 0 Å². The lowest BCUT2D eigenvalue weighted by atomic mass is 10.1. The molecule has 2 heterocycles. The van der Waals surface area contributed by atoms with Crippen LogP contribution in [0.4, 0.5) is 5.69 Å². The van der Waals surface area contributed by atoms with Crippen LogP contribution in [0.3, 0.4) is 0 Å². The van der Waals surface area contributed by atoms with E-state index in [1.807, 2.05) is 29.9 Å². The van der Waals surface area contributed by atoms with Gasteiger partial charge < -0.3 is 5.32 Å². The molecule has 6 nitrogen and oxygen atoms in total. The van der Waals surface area contributed by atoms with Gasteiger partial charge in [0.2, 0.25) is 0 Å². The second kappa shape index (κ2) is 6.24. The van der Waals surface area contributed by atoms with Gasteiger partial charge in [-0.25, -0.2) is 4.98 Å². The fraction of sp³-hybridized carbons (Fsp3) is 0.353. The Morgan fingerprint density at radius 1 is 1.22 bits per heavy atom. The van der Waals surface area contributed by atoms with Crippen LogP contribution in [0, 0.1) is 13.8 Å². The van der Waals surface area contributed by atoms with E-state index < -0.39 is 0 Å². The van der Waals surface area contributed by atoms with Crippen molar-refractivity contribution in [3.05, 3.63) is 47.5 Å². The van der Waals surface area contributed by atoms with Gasteiger partial charge in [0.05, 0.1) is 12.2 Å². The molecule has 0 aliphatic heterocycles. The van der Waals surface area contributed by atoms with Crippen LogP contribution in [0.2, 0.25) is 0 Å². The fourth-order valence-corrected chi connectivity index (χ4v) is 2.56. The minimum Gasteiger partial charge on any atom is -0.379 e. The molecule has 120 valence electrons. The molecule has 2 aromatic heterocycles. The molecule has 3 rings (SSSR count). The Morgan fingerprint density at radius 2 is 2.04 bits per heavy atom. The molecule has 23 heavy (non-hydrogen) atoms. The Bertz CT molecular complexity index is 799. The average Bonchev–Trinajstić information content (AvgIpc) is 3.15. The summed E-state index contributed by atoms with van der Waals surface area (Å²) in [5.41, 5.74) is 4.44. The van der Waals surface area contributed by atoms with Crippen LogP contribution >= 0.6 is 0 Å². The summed E-state index contributed by atoms with van der Waals surface area (Å²) >= 11 is 0. The maximum absolute atomic E-state index is 4.39. The van der Waals surface area contributed by atoms with E-state index >= 15 is 0 Å². The van der Waals surface area contributed by atoms with Crippen molar-refractivity contribution in [1.82, 2.24) is 25.0 Å². The third-order valence-corrected chi connectivity index (χ3v) is 3.79. The molecule has 0 saturated carbocycles. The van der Waals surface area contributed by atoms with Crippen LogP contribution in [0.25, 0.3) is 11.4 Å². The van der Waals surface area contributed by atoms with Crippen LogP contribution < -0.4 is 5.32 Å². The van der Waals surface area contributed by atoms with Gasteiger partial charge in [-0.1, -0.05) is 12.1 Å². The quantitative estimate of drug-likeness (QED) is 0.757.